The lowest BCUT2D eigenvalue weighted by atomic mass is 10.3. The molecular weight excluding hydrogens is 232 g/mol. The Balaban J connectivity index is 2.56. The summed E-state index contributed by atoms with van der Waals surface area (Å²) in [5.74, 6) is -0.435. The quantitative estimate of drug-likeness (QED) is 0.810. The highest BCUT2D eigenvalue weighted by Crippen LogP contribution is 2.12. The van der Waals surface area contributed by atoms with Crippen molar-refractivity contribution in [2.75, 3.05) is 24.6 Å². The zero-order chi connectivity index (χ0) is 13.4. The number of carbonyl (C=O) groups is 2. The van der Waals surface area contributed by atoms with Gasteiger partial charge in [-0.25, -0.2) is 4.79 Å². The Labute approximate surface area is 107 Å². The standard InChI is InChI=1S/C13H18N2O3/c1-3-15(11-8-6-5-7-9-11)13(17)14-10-12(16)18-4-2/h5-9H,3-4,10H2,1-2H3,(H,14,17). The van der Waals surface area contributed by atoms with Gasteiger partial charge in [0.25, 0.3) is 0 Å². The molecule has 2 amide bonds. The Morgan fingerprint density at radius 3 is 2.44 bits per heavy atom. The summed E-state index contributed by atoms with van der Waals surface area (Å²) in [6.07, 6.45) is 0. The molecule has 0 spiro atoms. The van der Waals surface area contributed by atoms with Gasteiger partial charge in [-0.3, -0.25) is 9.69 Å². The molecule has 0 saturated heterocycles. The number of nitrogens with one attached hydrogen (secondary N) is 1. The Morgan fingerprint density at radius 1 is 1.22 bits per heavy atom. The van der Waals surface area contributed by atoms with Gasteiger partial charge in [0, 0.05) is 12.2 Å². The number of hydrogen-bond donors (Lipinski definition) is 1. The average Bonchev–Trinajstić information content (AvgIpc) is 2.39. The highest BCUT2D eigenvalue weighted by molar-refractivity contribution is 5.93. The van der Waals surface area contributed by atoms with Gasteiger partial charge in [-0.15, -0.1) is 0 Å². The van der Waals surface area contributed by atoms with E-state index in [4.69, 9.17) is 4.74 Å². The first-order valence-corrected chi connectivity index (χ1v) is 5.95. The van der Waals surface area contributed by atoms with Gasteiger partial charge in [0.2, 0.25) is 0 Å². The number of amides is 2. The Bertz CT molecular complexity index is 392. The highest BCUT2D eigenvalue weighted by atomic mass is 16.5. The van der Waals surface area contributed by atoms with Crippen molar-refractivity contribution in [2.45, 2.75) is 13.8 Å². The van der Waals surface area contributed by atoms with Gasteiger partial charge in [0.15, 0.2) is 0 Å². The van der Waals surface area contributed by atoms with Crippen LogP contribution in [-0.2, 0) is 9.53 Å². The van der Waals surface area contributed by atoms with Crippen LogP contribution < -0.4 is 10.2 Å². The van der Waals surface area contributed by atoms with Crippen LogP contribution in [0, 0.1) is 0 Å². The first kappa shape index (κ1) is 14.0. The minimum absolute atomic E-state index is 0.115. The van der Waals surface area contributed by atoms with E-state index >= 15 is 0 Å². The second-order valence-electron chi connectivity index (χ2n) is 3.54. The molecule has 0 bridgehead atoms. The van der Waals surface area contributed by atoms with E-state index in [-0.39, 0.29) is 12.6 Å². The van der Waals surface area contributed by atoms with E-state index in [2.05, 4.69) is 5.32 Å². The fraction of sp³-hybridized carbons (Fsp3) is 0.385. The van der Waals surface area contributed by atoms with E-state index in [1.807, 2.05) is 37.3 Å². The predicted octanol–water partition coefficient (Wildman–Crippen LogP) is 1.79. The minimum Gasteiger partial charge on any atom is -0.465 e. The van der Waals surface area contributed by atoms with Gasteiger partial charge in [0.05, 0.1) is 6.61 Å². The molecule has 0 aliphatic heterocycles. The summed E-state index contributed by atoms with van der Waals surface area (Å²) < 4.78 is 4.74. The monoisotopic (exact) mass is 250 g/mol. The number of para-hydroxylation sites is 1. The number of urea groups is 1. The van der Waals surface area contributed by atoms with Gasteiger partial charge in [0.1, 0.15) is 6.54 Å². The van der Waals surface area contributed by atoms with Crippen LogP contribution in [0.1, 0.15) is 13.8 Å². The summed E-state index contributed by atoms with van der Waals surface area (Å²) in [5, 5.41) is 2.53. The number of ether oxygens (including phenoxy) is 1. The van der Waals surface area contributed by atoms with E-state index in [1.54, 1.807) is 11.8 Å². The number of hydrogen-bond acceptors (Lipinski definition) is 3. The highest BCUT2D eigenvalue weighted by Gasteiger charge is 2.14. The predicted molar refractivity (Wildman–Crippen MR) is 69.5 cm³/mol. The molecule has 0 heterocycles. The largest absolute Gasteiger partial charge is 0.465 e. The average molecular weight is 250 g/mol. The molecule has 98 valence electrons. The second-order valence-corrected chi connectivity index (χ2v) is 3.54. The van der Waals surface area contributed by atoms with E-state index in [1.165, 1.54) is 0 Å². The number of rotatable bonds is 5. The molecule has 1 aromatic rings. The van der Waals surface area contributed by atoms with Crippen LogP contribution in [0.3, 0.4) is 0 Å². The molecule has 5 nitrogen and oxygen atoms in total. The van der Waals surface area contributed by atoms with Gasteiger partial charge in [-0.1, -0.05) is 18.2 Å². The van der Waals surface area contributed by atoms with Crippen molar-refractivity contribution in [1.29, 1.82) is 0 Å². The molecule has 0 aromatic heterocycles. The fourth-order valence-electron chi connectivity index (χ4n) is 1.51. The van der Waals surface area contributed by atoms with Crippen molar-refractivity contribution < 1.29 is 14.3 Å². The molecule has 18 heavy (non-hydrogen) atoms. The molecule has 0 aliphatic rings. The summed E-state index contributed by atoms with van der Waals surface area (Å²) in [7, 11) is 0. The normalized spacial score (nSPS) is 9.67. The summed E-state index contributed by atoms with van der Waals surface area (Å²) in [4.78, 5) is 24.6. The van der Waals surface area contributed by atoms with Crippen molar-refractivity contribution in [3.8, 4) is 0 Å². The van der Waals surface area contributed by atoms with Gasteiger partial charge in [-0.05, 0) is 26.0 Å². The third kappa shape index (κ3) is 4.08. The number of esters is 1. The lowest BCUT2D eigenvalue weighted by molar-refractivity contribution is -0.141. The molecule has 0 saturated carbocycles. The Kier molecular flexibility index (Phi) is 5.70. The van der Waals surface area contributed by atoms with Crippen LogP contribution >= 0.6 is 0 Å². The molecule has 0 unspecified atom stereocenters. The van der Waals surface area contributed by atoms with Gasteiger partial charge < -0.3 is 10.1 Å². The molecule has 0 fully saturated rings. The minimum atomic E-state index is -0.435. The number of anilines is 1. The lowest BCUT2D eigenvalue weighted by Gasteiger charge is -2.21. The number of carbonyl (C=O) groups excluding carboxylic acids is 2. The molecular formula is C13H18N2O3. The Hall–Kier alpha value is -2.04. The molecule has 1 N–H and O–H groups in total. The van der Waals surface area contributed by atoms with Crippen molar-refractivity contribution in [2.24, 2.45) is 0 Å². The van der Waals surface area contributed by atoms with Gasteiger partial charge >= 0.3 is 12.0 Å². The summed E-state index contributed by atoms with van der Waals surface area (Å²) in [6.45, 7) is 4.32. The zero-order valence-electron chi connectivity index (χ0n) is 10.7. The smallest absolute Gasteiger partial charge is 0.325 e. The molecule has 1 aromatic carbocycles. The molecule has 0 radical (unpaired) electrons. The topological polar surface area (TPSA) is 58.6 Å². The maximum Gasteiger partial charge on any atom is 0.325 e. The Morgan fingerprint density at radius 2 is 1.89 bits per heavy atom. The SMILES string of the molecule is CCOC(=O)CNC(=O)N(CC)c1ccccc1. The lowest BCUT2D eigenvalue weighted by Crippen LogP contribution is -2.42. The van der Waals surface area contributed by atoms with Crippen LogP contribution in [0.4, 0.5) is 10.5 Å². The van der Waals surface area contributed by atoms with Gasteiger partial charge in [-0.2, -0.15) is 0 Å². The van der Waals surface area contributed by atoms with Crippen LogP contribution in [0.15, 0.2) is 30.3 Å². The molecule has 1 rings (SSSR count). The first-order chi connectivity index (χ1) is 8.69. The van der Waals surface area contributed by atoms with Crippen LogP contribution in [0.2, 0.25) is 0 Å². The van der Waals surface area contributed by atoms with E-state index in [9.17, 15) is 9.59 Å². The van der Waals surface area contributed by atoms with Crippen LogP contribution in [0.5, 0.6) is 0 Å². The van der Waals surface area contributed by atoms with Crippen molar-refractivity contribution in [3.05, 3.63) is 30.3 Å². The first-order valence-electron chi connectivity index (χ1n) is 5.95. The van der Waals surface area contributed by atoms with E-state index < -0.39 is 5.97 Å². The molecule has 0 atom stereocenters. The third-order valence-electron chi connectivity index (χ3n) is 2.32. The van der Waals surface area contributed by atoms with Crippen LogP contribution in [0.25, 0.3) is 0 Å². The maximum atomic E-state index is 11.9. The second kappa shape index (κ2) is 7.32. The third-order valence-corrected chi connectivity index (χ3v) is 2.32. The maximum absolute atomic E-state index is 11.9. The zero-order valence-corrected chi connectivity index (χ0v) is 10.7. The number of benzene rings is 1. The van der Waals surface area contributed by atoms with Crippen molar-refractivity contribution in [1.82, 2.24) is 5.32 Å². The molecule has 5 heteroatoms. The summed E-state index contributed by atoms with van der Waals surface area (Å²) in [5.41, 5.74) is 0.793. The van der Waals surface area contributed by atoms with Crippen molar-refractivity contribution >= 4 is 17.7 Å². The van der Waals surface area contributed by atoms with Crippen LogP contribution in [-0.4, -0.2) is 31.7 Å². The van der Waals surface area contributed by atoms with E-state index in [0.29, 0.717) is 13.2 Å². The van der Waals surface area contributed by atoms with E-state index in [0.717, 1.165) is 5.69 Å². The number of nitrogens with zero attached hydrogens (tertiary/aromatic N) is 1. The summed E-state index contributed by atoms with van der Waals surface area (Å²) >= 11 is 0. The summed E-state index contributed by atoms with van der Waals surface area (Å²) in [6, 6.07) is 8.97. The molecule has 0 aliphatic carbocycles. The van der Waals surface area contributed by atoms with Crippen molar-refractivity contribution in [3.63, 3.8) is 0 Å². The fourth-order valence-corrected chi connectivity index (χ4v) is 1.51.